The summed E-state index contributed by atoms with van der Waals surface area (Å²) in [6, 6.07) is 8.52. The molecule has 0 aromatic heterocycles. The van der Waals surface area contributed by atoms with Crippen LogP contribution in [-0.4, -0.2) is 12.4 Å². The monoisotopic (exact) mass is 310 g/mol. The van der Waals surface area contributed by atoms with Crippen molar-refractivity contribution in [1.82, 2.24) is 0 Å². The molecule has 1 saturated carbocycles. The molecule has 2 heteroatoms. The van der Waals surface area contributed by atoms with Gasteiger partial charge in [0.15, 0.2) is 0 Å². The SMILES string of the molecule is COc1cccc(CC(CBr)C2CCCCC2)c1. The van der Waals surface area contributed by atoms with Gasteiger partial charge in [-0.15, -0.1) is 0 Å². The van der Waals surface area contributed by atoms with Crippen molar-refractivity contribution in [2.45, 2.75) is 38.5 Å². The van der Waals surface area contributed by atoms with Crippen molar-refractivity contribution in [3.8, 4) is 5.75 Å². The number of hydrogen-bond acceptors (Lipinski definition) is 1. The van der Waals surface area contributed by atoms with Gasteiger partial charge in [-0.2, -0.15) is 0 Å². The normalized spacial score (nSPS) is 18.6. The van der Waals surface area contributed by atoms with Crippen molar-refractivity contribution in [2.24, 2.45) is 11.8 Å². The number of alkyl halides is 1. The summed E-state index contributed by atoms with van der Waals surface area (Å²) in [5, 5.41) is 1.12. The van der Waals surface area contributed by atoms with Gasteiger partial charge in [0.25, 0.3) is 0 Å². The minimum absolute atomic E-state index is 0.775. The van der Waals surface area contributed by atoms with E-state index in [9.17, 15) is 0 Å². The predicted octanol–water partition coefficient (Wildman–Crippen LogP) is 4.83. The van der Waals surface area contributed by atoms with E-state index in [1.54, 1.807) is 7.11 Å². The van der Waals surface area contributed by atoms with Crippen molar-refractivity contribution >= 4 is 15.9 Å². The van der Waals surface area contributed by atoms with E-state index in [0.717, 1.165) is 22.9 Å². The molecule has 1 fully saturated rings. The third-order valence-electron chi connectivity index (χ3n) is 4.15. The Hall–Kier alpha value is -0.500. The summed E-state index contributed by atoms with van der Waals surface area (Å²) in [5.74, 6) is 2.66. The van der Waals surface area contributed by atoms with Gasteiger partial charge in [-0.1, -0.05) is 60.2 Å². The molecule has 1 atom stereocenters. The zero-order valence-corrected chi connectivity index (χ0v) is 12.8. The lowest BCUT2D eigenvalue weighted by molar-refractivity contribution is 0.267. The highest BCUT2D eigenvalue weighted by Crippen LogP contribution is 2.33. The number of halogens is 1. The fraction of sp³-hybridized carbons (Fsp3) is 0.625. The maximum atomic E-state index is 5.30. The maximum absolute atomic E-state index is 5.30. The molecular formula is C16H23BrO. The average molecular weight is 311 g/mol. The first-order chi connectivity index (χ1) is 8.83. The summed E-state index contributed by atoms with van der Waals surface area (Å²) >= 11 is 3.71. The van der Waals surface area contributed by atoms with Crippen LogP contribution in [-0.2, 0) is 6.42 Å². The van der Waals surface area contributed by atoms with Crippen molar-refractivity contribution in [3.63, 3.8) is 0 Å². The van der Waals surface area contributed by atoms with Gasteiger partial charge in [-0.05, 0) is 36.0 Å². The second-order valence-electron chi connectivity index (χ2n) is 5.37. The van der Waals surface area contributed by atoms with Gasteiger partial charge in [-0.3, -0.25) is 0 Å². The Kier molecular flexibility index (Phi) is 5.55. The summed E-state index contributed by atoms with van der Waals surface area (Å²) < 4.78 is 5.30. The van der Waals surface area contributed by atoms with Crippen molar-refractivity contribution < 1.29 is 4.74 Å². The second-order valence-corrected chi connectivity index (χ2v) is 6.02. The summed E-state index contributed by atoms with van der Waals surface area (Å²) in [5.41, 5.74) is 1.41. The first-order valence-electron chi connectivity index (χ1n) is 7.02. The van der Waals surface area contributed by atoms with E-state index in [0.29, 0.717) is 0 Å². The number of benzene rings is 1. The first kappa shape index (κ1) is 13.9. The lowest BCUT2D eigenvalue weighted by atomic mass is 9.78. The van der Waals surface area contributed by atoms with Gasteiger partial charge in [0, 0.05) is 5.33 Å². The first-order valence-corrected chi connectivity index (χ1v) is 8.14. The van der Waals surface area contributed by atoms with Crippen molar-refractivity contribution in [1.29, 1.82) is 0 Å². The largest absolute Gasteiger partial charge is 0.497 e. The molecular weight excluding hydrogens is 288 g/mol. The molecule has 18 heavy (non-hydrogen) atoms. The molecule has 2 rings (SSSR count). The van der Waals surface area contributed by atoms with Crippen LogP contribution in [0.5, 0.6) is 5.75 Å². The van der Waals surface area contributed by atoms with Crippen LogP contribution in [0.15, 0.2) is 24.3 Å². The molecule has 0 spiro atoms. The van der Waals surface area contributed by atoms with E-state index in [2.05, 4.69) is 34.1 Å². The van der Waals surface area contributed by atoms with Crippen molar-refractivity contribution in [3.05, 3.63) is 29.8 Å². The van der Waals surface area contributed by atoms with Crippen LogP contribution < -0.4 is 4.74 Å². The molecule has 0 N–H and O–H groups in total. The number of hydrogen-bond donors (Lipinski definition) is 0. The third kappa shape index (κ3) is 3.74. The Balaban J connectivity index is 1.99. The predicted molar refractivity (Wildman–Crippen MR) is 80.6 cm³/mol. The Bertz CT molecular complexity index is 358. The molecule has 0 saturated heterocycles. The molecule has 0 radical (unpaired) electrons. The summed E-state index contributed by atoms with van der Waals surface area (Å²) in [6.45, 7) is 0. The van der Waals surface area contributed by atoms with Crippen molar-refractivity contribution in [2.75, 3.05) is 12.4 Å². The molecule has 1 aromatic carbocycles. The Labute approximate surface area is 119 Å². The van der Waals surface area contributed by atoms with Crippen LogP contribution in [0.4, 0.5) is 0 Å². The highest BCUT2D eigenvalue weighted by Gasteiger charge is 2.22. The Morgan fingerprint density at radius 2 is 2.06 bits per heavy atom. The quantitative estimate of drug-likeness (QED) is 0.708. The van der Waals surface area contributed by atoms with Crippen LogP contribution >= 0.6 is 15.9 Å². The standard InChI is InChI=1S/C16H23BrO/c1-18-16-9-5-6-13(11-16)10-15(12-17)14-7-3-2-4-8-14/h5-6,9,11,14-15H,2-4,7-8,10,12H2,1H3. The van der Waals surface area contributed by atoms with E-state index < -0.39 is 0 Å². The van der Waals surface area contributed by atoms with Crippen LogP contribution in [0.1, 0.15) is 37.7 Å². The number of rotatable bonds is 5. The van der Waals surface area contributed by atoms with Gasteiger partial charge in [-0.25, -0.2) is 0 Å². The van der Waals surface area contributed by atoms with E-state index in [4.69, 9.17) is 4.74 Å². The van der Waals surface area contributed by atoms with Gasteiger partial charge in [0.05, 0.1) is 7.11 Å². The zero-order chi connectivity index (χ0) is 12.8. The molecule has 1 unspecified atom stereocenters. The highest BCUT2D eigenvalue weighted by atomic mass is 79.9. The maximum Gasteiger partial charge on any atom is 0.119 e. The summed E-state index contributed by atoms with van der Waals surface area (Å²) in [6.07, 6.45) is 8.29. The fourth-order valence-corrected chi connectivity index (χ4v) is 3.81. The zero-order valence-electron chi connectivity index (χ0n) is 11.2. The van der Waals surface area contributed by atoms with Gasteiger partial charge < -0.3 is 4.74 Å². The molecule has 1 aromatic rings. The third-order valence-corrected chi connectivity index (χ3v) is 4.98. The molecule has 0 heterocycles. The van der Waals surface area contributed by atoms with Crippen LogP contribution in [0.2, 0.25) is 0 Å². The lowest BCUT2D eigenvalue weighted by Crippen LogP contribution is -2.21. The molecule has 0 amide bonds. The molecule has 1 aliphatic carbocycles. The van der Waals surface area contributed by atoms with E-state index in [1.165, 1.54) is 44.1 Å². The Morgan fingerprint density at radius 1 is 1.28 bits per heavy atom. The minimum Gasteiger partial charge on any atom is -0.497 e. The molecule has 1 nitrogen and oxygen atoms in total. The van der Waals surface area contributed by atoms with E-state index in [-0.39, 0.29) is 0 Å². The van der Waals surface area contributed by atoms with Crippen LogP contribution in [0, 0.1) is 11.8 Å². The van der Waals surface area contributed by atoms with E-state index in [1.807, 2.05) is 6.07 Å². The molecule has 0 aliphatic heterocycles. The topological polar surface area (TPSA) is 9.23 Å². The lowest BCUT2D eigenvalue weighted by Gasteiger charge is -2.29. The molecule has 100 valence electrons. The van der Waals surface area contributed by atoms with Gasteiger partial charge in [0.1, 0.15) is 5.75 Å². The molecule has 0 bridgehead atoms. The summed E-state index contributed by atoms with van der Waals surface area (Å²) in [7, 11) is 1.74. The Morgan fingerprint density at radius 3 is 2.72 bits per heavy atom. The minimum atomic E-state index is 0.775. The van der Waals surface area contributed by atoms with Gasteiger partial charge >= 0.3 is 0 Å². The van der Waals surface area contributed by atoms with Gasteiger partial charge in [0.2, 0.25) is 0 Å². The summed E-state index contributed by atoms with van der Waals surface area (Å²) in [4.78, 5) is 0. The smallest absolute Gasteiger partial charge is 0.119 e. The van der Waals surface area contributed by atoms with Crippen LogP contribution in [0.3, 0.4) is 0 Å². The number of ether oxygens (including phenoxy) is 1. The number of methoxy groups -OCH3 is 1. The fourth-order valence-electron chi connectivity index (χ4n) is 3.05. The average Bonchev–Trinajstić information content (AvgIpc) is 2.46. The highest BCUT2D eigenvalue weighted by molar-refractivity contribution is 9.09. The molecule has 1 aliphatic rings. The van der Waals surface area contributed by atoms with Crippen LogP contribution in [0.25, 0.3) is 0 Å². The second kappa shape index (κ2) is 7.18. The van der Waals surface area contributed by atoms with E-state index >= 15 is 0 Å².